The quantitative estimate of drug-likeness (QED) is 0.650. The molecule has 0 heterocycles. The van der Waals surface area contributed by atoms with Crippen molar-refractivity contribution in [1.82, 2.24) is 0 Å². The van der Waals surface area contributed by atoms with Crippen LogP contribution in [0.3, 0.4) is 0 Å². The van der Waals surface area contributed by atoms with Gasteiger partial charge in [-0.1, -0.05) is 13.8 Å². The van der Waals surface area contributed by atoms with Gasteiger partial charge < -0.3 is 9.47 Å². The second-order valence-electron chi connectivity index (χ2n) is 3.80. The van der Waals surface area contributed by atoms with Crippen molar-refractivity contribution in [3.63, 3.8) is 0 Å². The molecule has 15 heavy (non-hydrogen) atoms. The molecule has 0 saturated carbocycles. The fourth-order valence-corrected chi connectivity index (χ4v) is 1.23. The van der Waals surface area contributed by atoms with Gasteiger partial charge in [0.15, 0.2) is 0 Å². The normalized spacial score (nSPS) is 14.1. The highest BCUT2D eigenvalue weighted by Crippen LogP contribution is 2.22. The number of alkyl halides is 2. The van der Waals surface area contributed by atoms with Crippen LogP contribution in [0.4, 0.5) is 8.78 Å². The Hall–Kier alpha value is -0.710. The highest BCUT2D eigenvalue weighted by atomic mass is 19.3. The molecular formula is C10H18F2O3. The minimum absolute atomic E-state index is 0.0870. The first-order valence-electron chi connectivity index (χ1n) is 5.02. The van der Waals surface area contributed by atoms with Gasteiger partial charge >= 0.3 is 12.1 Å². The Labute approximate surface area is 88.7 Å². The molecule has 1 atom stereocenters. The van der Waals surface area contributed by atoms with Crippen molar-refractivity contribution in [1.29, 1.82) is 0 Å². The van der Waals surface area contributed by atoms with Gasteiger partial charge in [0.1, 0.15) is 0 Å². The SMILES string of the molecule is CCOC(=O)C(F)(F)OC(C)CC(C)C. The van der Waals surface area contributed by atoms with Crippen molar-refractivity contribution in [3.05, 3.63) is 0 Å². The smallest absolute Gasteiger partial charge is 0.456 e. The maximum Gasteiger partial charge on any atom is 0.456 e. The summed E-state index contributed by atoms with van der Waals surface area (Å²) in [5.74, 6) is -1.39. The molecule has 5 heteroatoms. The summed E-state index contributed by atoms with van der Waals surface area (Å²) in [6.45, 7) is 6.67. The lowest BCUT2D eigenvalue weighted by molar-refractivity contribution is -0.265. The molecule has 0 rings (SSSR count). The zero-order valence-electron chi connectivity index (χ0n) is 9.55. The Balaban J connectivity index is 4.17. The van der Waals surface area contributed by atoms with Crippen molar-refractivity contribution in [2.75, 3.05) is 6.61 Å². The molecule has 0 aliphatic rings. The van der Waals surface area contributed by atoms with Crippen molar-refractivity contribution in [2.45, 2.75) is 46.3 Å². The van der Waals surface area contributed by atoms with Crippen LogP contribution in [-0.4, -0.2) is 24.8 Å². The molecule has 90 valence electrons. The second-order valence-corrected chi connectivity index (χ2v) is 3.80. The molecule has 0 bridgehead atoms. The number of carbonyl (C=O) groups is 1. The average Bonchev–Trinajstić information content (AvgIpc) is 2.01. The van der Waals surface area contributed by atoms with E-state index in [-0.39, 0.29) is 12.5 Å². The summed E-state index contributed by atoms with van der Waals surface area (Å²) in [6.07, 6.45) is -4.05. The topological polar surface area (TPSA) is 35.5 Å². The van der Waals surface area contributed by atoms with Crippen molar-refractivity contribution in [2.24, 2.45) is 5.92 Å². The van der Waals surface area contributed by atoms with Crippen LogP contribution in [0.1, 0.15) is 34.1 Å². The molecule has 0 N–H and O–H groups in total. The van der Waals surface area contributed by atoms with Gasteiger partial charge in [-0.3, -0.25) is 0 Å². The van der Waals surface area contributed by atoms with E-state index in [4.69, 9.17) is 0 Å². The molecule has 0 aliphatic carbocycles. The Morgan fingerprint density at radius 3 is 2.27 bits per heavy atom. The summed E-state index contributed by atoms with van der Waals surface area (Å²) in [7, 11) is 0. The average molecular weight is 224 g/mol. The van der Waals surface area contributed by atoms with E-state index < -0.39 is 18.2 Å². The van der Waals surface area contributed by atoms with Crippen molar-refractivity contribution in [3.8, 4) is 0 Å². The molecule has 0 aromatic rings. The first kappa shape index (κ1) is 14.3. The summed E-state index contributed by atoms with van der Waals surface area (Å²) in [5.41, 5.74) is 0. The fourth-order valence-electron chi connectivity index (χ4n) is 1.23. The van der Waals surface area contributed by atoms with E-state index in [1.807, 2.05) is 13.8 Å². The number of carbonyl (C=O) groups excluding carboxylic acids is 1. The summed E-state index contributed by atoms with van der Waals surface area (Å²) in [6, 6.07) is 0. The molecule has 3 nitrogen and oxygen atoms in total. The zero-order chi connectivity index (χ0) is 12.1. The molecule has 0 amide bonds. The minimum atomic E-state index is -3.84. The predicted octanol–water partition coefficient (Wildman–Crippen LogP) is 2.59. The monoisotopic (exact) mass is 224 g/mol. The summed E-state index contributed by atoms with van der Waals surface area (Å²) in [5, 5.41) is 0. The maximum atomic E-state index is 13.0. The summed E-state index contributed by atoms with van der Waals surface area (Å²) < 4.78 is 34.6. The van der Waals surface area contributed by atoms with E-state index in [9.17, 15) is 13.6 Å². The molecule has 0 aromatic heterocycles. The van der Waals surface area contributed by atoms with Gasteiger partial charge in [0, 0.05) is 0 Å². The maximum absolute atomic E-state index is 13.0. The molecule has 0 saturated heterocycles. The van der Waals surface area contributed by atoms with Crippen LogP contribution in [0.5, 0.6) is 0 Å². The Kier molecular flexibility index (Phi) is 5.72. The van der Waals surface area contributed by atoms with Gasteiger partial charge in [-0.15, -0.1) is 0 Å². The van der Waals surface area contributed by atoms with Crippen LogP contribution in [0.2, 0.25) is 0 Å². The number of hydrogen-bond acceptors (Lipinski definition) is 3. The van der Waals surface area contributed by atoms with Crippen LogP contribution in [0, 0.1) is 5.92 Å². The van der Waals surface area contributed by atoms with E-state index >= 15 is 0 Å². The molecular weight excluding hydrogens is 206 g/mol. The highest BCUT2D eigenvalue weighted by Gasteiger charge is 2.43. The van der Waals surface area contributed by atoms with Crippen LogP contribution in [-0.2, 0) is 14.3 Å². The predicted molar refractivity (Wildman–Crippen MR) is 51.6 cm³/mol. The minimum Gasteiger partial charge on any atom is -0.460 e. The third kappa shape index (κ3) is 5.67. The van der Waals surface area contributed by atoms with Gasteiger partial charge in [0.05, 0.1) is 12.7 Å². The number of esters is 1. The molecule has 1 unspecified atom stereocenters. The number of hydrogen-bond donors (Lipinski definition) is 0. The van der Waals surface area contributed by atoms with E-state index in [1.54, 1.807) is 0 Å². The third-order valence-corrected chi connectivity index (χ3v) is 1.67. The summed E-state index contributed by atoms with van der Waals surface area (Å²) in [4.78, 5) is 10.8. The lowest BCUT2D eigenvalue weighted by atomic mass is 10.1. The molecule has 0 radical (unpaired) electrons. The lowest BCUT2D eigenvalue weighted by Crippen LogP contribution is -2.37. The zero-order valence-corrected chi connectivity index (χ0v) is 9.55. The van der Waals surface area contributed by atoms with Gasteiger partial charge in [0.25, 0.3) is 0 Å². The van der Waals surface area contributed by atoms with E-state index in [1.165, 1.54) is 13.8 Å². The largest absolute Gasteiger partial charge is 0.460 e. The molecule has 0 aromatic carbocycles. The Bertz CT molecular complexity index is 205. The van der Waals surface area contributed by atoms with Crippen molar-refractivity contribution < 1.29 is 23.0 Å². The van der Waals surface area contributed by atoms with Gasteiger partial charge in [-0.05, 0) is 26.2 Å². The number of halogens is 2. The lowest BCUT2D eigenvalue weighted by Gasteiger charge is -2.21. The molecule has 0 spiro atoms. The van der Waals surface area contributed by atoms with Crippen LogP contribution >= 0.6 is 0 Å². The second kappa shape index (κ2) is 6.00. The Morgan fingerprint density at radius 1 is 1.33 bits per heavy atom. The molecule has 0 aliphatic heterocycles. The highest BCUT2D eigenvalue weighted by molar-refractivity contribution is 5.75. The van der Waals surface area contributed by atoms with Gasteiger partial charge in [-0.25, -0.2) is 4.79 Å². The van der Waals surface area contributed by atoms with Crippen LogP contribution < -0.4 is 0 Å². The first-order valence-corrected chi connectivity index (χ1v) is 5.02. The number of rotatable bonds is 6. The first-order chi connectivity index (χ1) is 6.79. The van der Waals surface area contributed by atoms with Gasteiger partial charge in [-0.2, -0.15) is 8.78 Å². The fraction of sp³-hybridized carbons (Fsp3) is 0.900. The summed E-state index contributed by atoms with van der Waals surface area (Å²) >= 11 is 0. The Morgan fingerprint density at radius 2 is 1.87 bits per heavy atom. The van der Waals surface area contributed by atoms with E-state index in [0.29, 0.717) is 6.42 Å². The van der Waals surface area contributed by atoms with Crippen LogP contribution in [0.15, 0.2) is 0 Å². The van der Waals surface area contributed by atoms with Crippen molar-refractivity contribution >= 4 is 5.97 Å². The standard InChI is InChI=1S/C10H18F2O3/c1-5-14-9(13)10(11,12)15-8(4)6-7(2)3/h7-8H,5-6H2,1-4H3. The molecule has 0 fully saturated rings. The van der Waals surface area contributed by atoms with Crippen LogP contribution in [0.25, 0.3) is 0 Å². The number of ether oxygens (including phenoxy) is 2. The van der Waals surface area contributed by atoms with Gasteiger partial charge in [0.2, 0.25) is 0 Å². The van der Waals surface area contributed by atoms with E-state index in [2.05, 4.69) is 9.47 Å². The third-order valence-electron chi connectivity index (χ3n) is 1.67. The van der Waals surface area contributed by atoms with E-state index in [0.717, 1.165) is 0 Å².